The number of aromatic nitrogens is 3. The van der Waals surface area contributed by atoms with E-state index in [9.17, 15) is 8.78 Å². The first kappa shape index (κ1) is 18.1. The number of benzene rings is 2. The van der Waals surface area contributed by atoms with Crippen LogP contribution in [0.1, 0.15) is 5.56 Å². The van der Waals surface area contributed by atoms with Crippen LogP contribution in [-0.4, -0.2) is 28.3 Å². The Morgan fingerprint density at radius 1 is 1.12 bits per heavy atom. The second-order valence-electron chi connectivity index (χ2n) is 5.36. The molecule has 8 heteroatoms. The van der Waals surface area contributed by atoms with E-state index >= 15 is 0 Å². The minimum atomic E-state index is -1.000. The maximum Gasteiger partial charge on any atom is 0.230 e. The van der Waals surface area contributed by atoms with Crippen LogP contribution < -0.4 is 10.1 Å². The van der Waals surface area contributed by atoms with E-state index in [4.69, 9.17) is 4.74 Å². The largest absolute Gasteiger partial charge is 0.496 e. The Labute approximate surface area is 153 Å². The molecule has 3 rings (SSSR count). The molecular weight excluding hydrogens is 358 g/mol. The van der Waals surface area contributed by atoms with Crippen LogP contribution in [0.5, 0.6) is 5.75 Å². The maximum atomic E-state index is 13.6. The average Bonchev–Trinajstić information content (AvgIpc) is 2.64. The van der Waals surface area contributed by atoms with E-state index in [-0.39, 0.29) is 17.1 Å². The van der Waals surface area contributed by atoms with Gasteiger partial charge >= 0.3 is 0 Å². The first-order valence-electron chi connectivity index (χ1n) is 7.68. The summed E-state index contributed by atoms with van der Waals surface area (Å²) in [4.78, 5) is 12.4. The van der Waals surface area contributed by atoms with E-state index in [0.717, 1.165) is 23.6 Å². The molecule has 0 spiro atoms. The third-order valence-electron chi connectivity index (χ3n) is 3.55. The van der Waals surface area contributed by atoms with E-state index in [0.29, 0.717) is 5.95 Å². The number of nitrogens with one attached hydrogen (secondary N) is 1. The third-order valence-corrected chi connectivity index (χ3v) is 4.17. The van der Waals surface area contributed by atoms with Crippen LogP contribution in [0.2, 0.25) is 0 Å². The lowest BCUT2D eigenvalue weighted by atomic mass is 10.1. The van der Waals surface area contributed by atoms with Crippen LogP contribution in [0.4, 0.5) is 20.4 Å². The Balaban J connectivity index is 1.92. The smallest absolute Gasteiger partial charge is 0.230 e. The van der Waals surface area contributed by atoms with Crippen molar-refractivity contribution in [2.45, 2.75) is 5.75 Å². The van der Waals surface area contributed by atoms with Crippen molar-refractivity contribution in [3.05, 3.63) is 59.9 Å². The standard InChI is InChI=1S/C18H16F2N4OS/c1-25-16-8-15(20)14(19)7-13(16)17-21-10-22-18(24-17)23-12-5-3-4-11(6-12)9-26-2/h3-8,10H,9H2,1-2H3,(H,21,22,23,24). The fourth-order valence-electron chi connectivity index (χ4n) is 2.39. The number of methoxy groups -OCH3 is 1. The zero-order valence-electron chi connectivity index (χ0n) is 14.2. The van der Waals surface area contributed by atoms with Gasteiger partial charge < -0.3 is 10.1 Å². The minimum absolute atomic E-state index is 0.142. The maximum absolute atomic E-state index is 13.6. The first-order valence-corrected chi connectivity index (χ1v) is 9.07. The highest BCUT2D eigenvalue weighted by Crippen LogP contribution is 2.30. The number of anilines is 2. The summed E-state index contributed by atoms with van der Waals surface area (Å²) < 4.78 is 32.1. The predicted octanol–water partition coefficient (Wildman–Crippen LogP) is 4.43. The zero-order chi connectivity index (χ0) is 18.5. The Kier molecular flexibility index (Phi) is 5.62. The predicted molar refractivity (Wildman–Crippen MR) is 98.7 cm³/mol. The number of rotatable bonds is 6. The van der Waals surface area contributed by atoms with Crippen molar-refractivity contribution in [3.8, 4) is 17.1 Å². The molecule has 0 fully saturated rings. The average molecular weight is 374 g/mol. The second-order valence-corrected chi connectivity index (χ2v) is 6.22. The third kappa shape index (κ3) is 4.08. The summed E-state index contributed by atoms with van der Waals surface area (Å²) in [7, 11) is 1.37. The highest BCUT2D eigenvalue weighted by molar-refractivity contribution is 7.97. The topological polar surface area (TPSA) is 59.9 Å². The molecule has 26 heavy (non-hydrogen) atoms. The molecule has 0 amide bonds. The SMILES string of the molecule is COc1cc(F)c(F)cc1-c1ncnc(Nc2cccc(CSC)c2)n1. The fraction of sp³-hybridized carbons (Fsp3) is 0.167. The summed E-state index contributed by atoms with van der Waals surface area (Å²) in [5.74, 6) is -0.488. The highest BCUT2D eigenvalue weighted by atomic mass is 32.2. The van der Waals surface area contributed by atoms with E-state index in [1.165, 1.54) is 19.0 Å². The van der Waals surface area contributed by atoms with Crippen molar-refractivity contribution in [2.75, 3.05) is 18.7 Å². The van der Waals surface area contributed by atoms with Crippen molar-refractivity contribution in [3.63, 3.8) is 0 Å². The normalized spacial score (nSPS) is 10.6. The van der Waals surface area contributed by atoms with Crippen LogP contribution in [0, 0.1) is 11.6 Å². The van der Waals surface area contributed by atoms with Crippen LogP contribution >= 0.6 is 11.8 Å². The Morgan fingerprint density at radius 2 is 1.92 bits per heavy atom. The number of halogens is 2. The summed E-state index contributed by atoms with van der Waals surface area (Å²) in [6.07, 6.45) is 3.34. The minimum Gasteiger partial charge on any atom is -0.496 e. The number of hydrogen-bond donors (Lipinski definition) is 1. The van der Waals surface area contributed by atoms with Gasteiger partial charge in [0.25, 0.3) is 0 Å². The number of thioether (sulfide) groups is 1. The van der Waals surface area contributed by atoms with Crippen LogP contribution in [0.25, 0.3) is 11.4 Å². The summed E-state index contributed by atoms with van der Waals surface area (Å²) in [5, 5.41) is 3.10. The summed E-state index contributed by atoms with van der Waals surface area (Å²) in [6.45, 7) is 0. The molecule has 0 aliphatic rings. The lowest BCUT2D eigenvalue weighted by Gasteiger charge is -2.10. The number of nitrogens with zero attached hydrogens (tertiary/aromatic N) is 3. The fourth-order valence-corrected chi connectivity index (χ4v) is 2.91. The van der Waals surface area contributed by atoms with Crippen molar-refractivity contribution >= 4 is 23.4 Å². The van der Waals surface area contributed by atoms with Gasteiger partial charge in [0.1, 0.15) is 12.1 Å². The van der Waals surface area contributed by atoms with Crippen LogP contribution in [0.15, 0.2) is 42.7 Å². The van der Waals surface area contributed by atoms with Crippen LogP contribution in [-0.2, 0) is 5.75 Å². The van der Waals surface area contributed by atoms with E-state index in [2.05, 4.69) is 20.3 Å². The quantitative estimate of drug-likeness (QED) is 0.689. The molecular formula is C18H16F2N4OS. The number of ether oxygens (including phenoxy) is 1. The molecule has 0 atom stereocenters. The molecule has 3 aromatic rings. The van der Waals surface area contributed by atoms with Gasteiger partial charge in [-0.15, -0.1) is 0 Å². The van der Waals surface area contributed by atoms with Gasteiger partial charge in [0.05, 0.1) is 12.7 Å². The van der Waals surface area contributed by atoms with Gasteiger partial charge in [0.2, 0.25) is 5.95 Å². The Hall–Kier alpha value is -2.74. The zero-order valence-corrected chi connectivity index (χ0v) is 15.0. The monoisotopic (exact) mass is 374 g/mol. The summed E-state index contributed by atoms with van der Waals surface area (Å²) >= 11 is 1.73. The highest BCUT2D eigenvalue weighted by Gasteiger charge is 2.15. The van der Waals surface area contributed by atoms with Gasteiger partial charge in [-0.25, -0.2) is 18.7 Å². The van der Waals surface area contributed by atoms with Crippen molar-refractivity contribution in [1.82, 2.24) is 15.0 Å². The second kappa shape index (κ2) is 8.09. The molecule has 0 saturated carbocycles. The molecule has 0 radical (unpaired) electrons. The van der Waals surface area contributed by atoms with E-state index in [1.54, 1.807) is 11.8 Å². The molecule has 0 saturated heterocycles. The molecule has 0 unspecified atom stereocenters. The van der Waals surface area contributed by atoms with Gasteiger partial charge in [0, 0.05) is 17.5 Å². The summed E-state index contributed by atoms with van der Waals surface area (Å²) in [5.41, 5.74) is 2.23. The molecule has 134 valence electrons. The number of hydrogen-bond acceptors (Lipinski definition) is 6. The van der Waals surface area contributed by atoms with Crippen molar-refractivity contribution in [2.24, 2.45) is 0 Å². The molecule has 1 heterocycles. The lowest BCUT2D eigenvalue weighted by molar-refractivity contribution is 0.408. The molecule has 1 N–H and O–H groups in total. The van der Waals surface area contributed by atoms with E-state index in [1.807, 2.05) is 30.5 Å². The van der Waals surface area contributed by atoms with Crippen molar-refractivity contribution < 1.29 is 13.5 Å². The van der Waals surface area contributed by atoms with Gasteiger partial charge in [-0.2, -0.15) is 16.7 Å². The molecule has 1 aromatic heterocycles. The molecule has 0 bridgehead atoms. The van der Waals surface area contributed by atoms with Gasteiger partial charge in [0.15, 0.2) is 17.5 Å². The van der Waals surface area contributed by atoms with Gasteiger partial charge in [-0.1, -0.05) is 12.1 Å². The van der Waals surface area contributed by atoms with Crippen LogP contribution in [0.3, 0.4) is 0 Å². The lowest BCUT2D eigenvalue weighted by Crippen LogP contribution is -2.02. The Morgan fingerprint density at radius 3 is 2.69 bits per heavy atom. The Bertz CT molecular complexity index is 923. The summed E-state index contributed by atoms with van der Waals surface area (Å²) in [6, 6.07) is 9.84. The molecule has 0 aliphatic carbocycles. The first-order chi connectivity index (χ1) is 12.6. The van der Waals surface area contributed by atoms with Crippen molar-refractivity contribution in [1.29, 1.82) is 0 Å². The van der Waals surface area contributed by atoms with Gasteiger partial charge in [-0.3, -0.25) is 0 Å². The van der Waals surface area contributed by atoms with E-state index < -0.39 is 11.6 Å². The van der Waals surface area contributed by atoms with Gasteiger partial charge in [-0.05, 0) is 30.0 Å². The molecule has 2 aromatic carbocycles. The molecule has 5 nitrogen and oxygen atoms in total. The molecule has 0 aliphatic heterocycles.